The van der Waals surface area contributed by atoms with Crippen LogP contribution in [0.2, 0.25) is 0 Å². The number of nitrogens with zero attached hydrogens (tertiary/aromatic N) is 1. The standard InChI is InChI=1S/C14H14N4O3S/c1-21-13-4-2-3-11(9-13)15-14(22)17-16-10-5-7-12(8-6-10)18(19)20/h2-9,16H,1H3,(H2,15,17,22). The number of hydrazine groups is 1. The molecule has 2 rings (SSSR count). The summed E-state index contributed by atoms with van der Waals surface area (Å²) in [7, 11) is 1.59. The summed E-state index contributed by atoms with van der Waals surface area (Å²) in [5.74, 6) is 0.719. The van der Waals surface area contributed by atoms with Crippen LogP contribution in [0.1, 0.15) is 0 Å². The largest absolute Gasteiger partial charge is 0.497 e. The smallest absolute Gasteiger partial charge is 0.269 e. The van der Waals surface area contributed by atoms with Gasteiger partial charge in [-0.2, -0.15) is 0 Å². The zero-order valence-electron chi connectivity index (χ0n) is 11.7. The van der Waals surface area contributed by atoms with Crippen LogP contribution in [0.3, 0.4) is 0 Å². The number of nitro groups is 1. The lowest BCUT2D eigenvalue weighted by Crippen LogP contribution is -2.33. The predicted octanol–water partition coefficient (Wildman–Crippen LogP) is 2.92. The van der Waals surface area contributed by atoms with Crippen LogP contribution in [0.15, 0.2) is 48.5 Å². The van der Waals surface area contributed by atoms with Gasteiger partial charge in [-0.1, -0.05) is 6.07 Å². The summed E-state index contributed by atoms with van der Waals surface area (Å²) in [6, 6.07) is 13.3. The SMILES string of the molecule is COc1cccc(NC(=S)NNc2ccc([N+](=O)[O-])cc2)c1. The van der Waals surface area contributed by atoms with Crippen molar-refractivity contribution in [1.82, 2.24) is 5.43 Å². The van der Waals surface area contributed by atoms with Crippen LogP contribution < -0.4 is 20.9 Å². The Bertz CT molecular complexity index is 676. The highest BCUT2D eigenvalue weighted by Gasteiger charge is 2.04. The third kappa shape index (κ3) is 4.32. The highest BCUT2D eigenvalue weighted by Crippen LogP contribution is 2.17. The van der Waals surface area contributed by atoms with Gasteiger partial charge in [-0.3, -0.25) is 21.0 Å². The molecular weight excluding hydrogens is 304 g/mol. The first-order valence-corrected chi connectivity index (χ1v) is 6.71. The van der Waals surface area contributed by atoms with Crippen molar-refractivity contribution in [3.05, 3.63) is 58.6 Å². The van der Waals surface area contributed by atoms with E-state index in [0.717, 1.165) is 11.4 Å². The summed E-state index contributed by atoms with van der Waals surface area (Å²) in [5, 5.41) is 13.9. The lowest BCUT2D eigenvalue weighted by atomic mass is 10.3. The second kappa shape index (κ2) is 7.23. The van der Waals surface area contributed by atoms with Gasteiger partial charge in [0.25, 0.3) is 5.69 Å². The van der Waals surface area contributed by atoms with E-state index >= 15 is 0 Å². The van der Waals surface area contributed by atoms with Crippen LogP contribution in [-0.4, -0.2) is 17.1 Å². The van der Waals surface area contributed by atoms with E-state index in [4.69, 9.17) is 17.0 Å². The van der Waals surface area contributed by atoms with Crippen molar-refractivity contribution in [3.63, 3.8) is 0 Å². The average molecular weight is 318 g/mol. The second-order valence-corrected chi connectivity index (χ2v) is 4.65. The normalized spacial score (nSPS) is 9.68. The van der Waals surface area contributed by atoms with E-state index < -0.39 is 4.92 Å². The minimum atomic E-state index is -0.452. The molecule has 8 heteroatoms. The molecule has 0 fully saturated rings. The minimum Gasteiger partial charge on any atom is -0.497 e. The van der Waals surface area contributed by atoms with E-state index in [0.29, 0.717) is 10.8 Å². The Morgan fingerprint density at radius 3 is 2.55 bits per heavy atom. The zero-order chi connectivity index (χ0) is 15.9. The van der Waals surface area contributed by atoms with Crippen molar-refractivity contribution in [3.8, 4) is 5.75 Å². The molecule has 2 aromatic carbocycles. The summed E-state index contributed by atoms with van der Waals surface area (Å²) in [4.78, 5) is 10.1. The van der Waals surface area contributed by atoms with Gasteiger partial charge in [-0.15, -0.1) is 0 Å². The molecule has 0 bridgehead atoms. The van der Waals surface area contributed by atoms with E-state index in [1.165, 1.54) is 12.1 Å². The van der Waals surface area contributed by atoms with Gasteiger partial charge in [-0.25, -0.2) is 0 Å². The molecule has 0 heterocycles. The maximum absolute atomic E-state index is 10.6. The molecule has 0 saturated carbocycles. The van der Waals surface area contributed by atoms with Crippen LogP contribution in [0, 0.1) is 10.1 Å². The number of hydrogen-bond donors (Lipinski definition) is 3. The Labute approximate surface area is 132 Å². The summed E-state index contributed by atoms with van der Waals surface area (Å²) in [5.41, 5.74) is 7.11. The van der Waals surface area contributed by atoms with Crippen LogP contribution in [0.4, 0.5) is 17.1 Å². The Morgan fingerprint density at radius 2 is 1.91 bits per heavy atom. The van der Waals surface area contributed by atoms with E-state index in [-0.39, 0.29) is 5.69 Å². The van der Waals surface area contributed by atoms with Crippen LogP contribution in [0.25, 0.3) is 0 Å². The first kappa shape index (κ1) is 15.5. The molecule has 0 aliphatic carbocycles. The van der Waals surface area contributed by atoms with Crippen molar-refractivity contribution in [2.24, 2.45) is 0 Å². The molecule has 0 radical (unpaired) electrons. The molecule has 0 aromatic heterocycles. The molecule has 0 amide bonds. The summed E-state index contributed by atoms with van der Waals surface area (Å²) < 4.78 is 5.12. The van der Waals surface area contributed by atoms with Gasteiger partial charge in [-0.05, 0) is 36.5 Å². The number of non-ortho nitro benzene ring substituents is 1. The van der Waals surface area contributed by atoms with E-state index in [2.05, 4.69) is 16.2 Å². The molecule has 7 nitrogen and oxygen atoms in total. The van der Waals surface area contributed by atoms with E-state index in [9.17, 15) is 10.1 Å². The highest BCUT2D eigenvalue weighted by atomic mass is 32.1. The number of ether oxygens (including phenoxy) is 1. The van der Waals surface area contributed by atoms with Gasteiger partial charge in [0, 0.05) is 23.9 Å². The molecule has 0 saturated heterocycles. The maximum Gasteiger partial charge on any atom is 0.269 e. The number of hydrogen-bond acceptors (Lipinski definition) is 5. The van der Waals surface area contributed by atoms with E-state index in [1.54, 1.807) is 25.3 Å². The first-order chi connectivity index (χ1) is 10.6. The molecule has 0 spiro atoms. The Hall–Kier alpha value is -2.87. The molecular formula is C14H14N4O3S. The molecule has 0 aliphatic rings. The quantitative estimate of drug-likeness (QED) is 0.444. The number of nitro benzene ring substituents is 1. The third-order valence-corrected chi connectivity index (χ3v) is 2.93. The van der Waals surface area contributed by atoms with Gasteiger partial charge in [0.15, 0.2) is 5.11 Å². The van der Waals surface area contributed by atoms with Crippen molar-refractivity contribution in [1.29, 1.82) is 0 Å². The second-order valence-electron chi connectivity index (χ2n) is 4.24. The van der Waals surface area contributed by atoms with Gasteiger partial charge in [0.2, 0.25) is 0 Å². The Kier molecular flexibility index (Phi) is 5.10. The number of benzene rings is 2. The fourth-order valence-corrected chi connectivity index (χ4v) is 1.83. The van der Waals surface area contributed by atoms with Gasteiger partial charge in [0.1, 0.15) is 5.75 Å². The van der Waals surface area contributed by atoms with Crippen LogP contribution in [-0.2, 0) is 0 Å². The van der Waals surface area contributed by atoms with E-state index in [1.807, 2.05) is 18.2 Å². The number of nitrogens with one attached hydrogen (secondary N) is 3. The minimum absolute atomic E-state index is 0.0302. The van der Waals surface area contributed by atoms with Gasteiger partial charge >= 0.3 is 0 Å². The fraction of sp³-hybridized carbons (Fsp3) is 0.0714. The summed E-state index contributed by atoms with van der Waals surface area (Å²) in [6.07, 6.45) is 0. The topological polar surface area (TPSA) is 88.5 Å². The van der Waals surface area contributed by atoms with Crippen molar-refractivity contribution < 1.29 is 9.66 Å². The van der Waals surface area contributed by atoms with Gasteiger partial charge < -0.3 is 10.1 Å². The number of methoxy groups -OCH3 is 1. The Balaban J connectivity index is 1.88. The van der Waals surface area contributed by atoms with Crippen LogP contribution in [0.5, 0.6) is 5.75 Å². The van der Waals surface area contributed by atoms with Gasteiger partial charge in [0.05, 0.1) is 17.7 Å². The molecule has 0 atom stereocenters. The van der Waals surface area contributed by atoms with Crippen LogP contribution >= 0.6 is 12.2 Å². The number of thiocarbonyl (C=S) groups is 1. The predicted molar refractivity (Wildman–Crippen MR) is 89.1 cm³/mol. The Morgan fingerprint density at radius 1 is 1.18 bits per heavy atom. The van der Waals surface area contributed by atoms with Crippen molar-refractivity contribution in [2.45, 2.75) is 0 Å². The maximum atomic E-state index is 10.6. The third-order valence-electron chi connectivity index (χ3n) is 2.73. The summed E-state index contributed by atoms with van der Waals surface area (Å²) >= 11 is 5.15. The first-order valence-electron chi connectivity index (χ1n) is 6.30. The fourth-order valence-electron chi connectivity index (χ4n) is 1.66. The molecule has 22 heavy (non-hydrogen) atoms. The van der Waals surface area contributed by atoms with Crippen molar-refractivity contribution >= 4 is 34.4 Å². The number of rotatable bonds is 5. The zero-order valence-corrected chi connectivity index (χ0v) is 12.5. The molecule has 3 N–H and O–H groups in total. The lowest BCUT2D eigenvalue weighted by Gasteiger charge is -2.13. The highest BCUT2D eigenvalue weighted by molar-refractivity contribution is 7.80. The number of anilines is 2. The lowest BCUT2D eigenvalue weighted by molar-refractivity contribution is -0.384. The molecule has 0 aliphatic heterocycles. The van der Waals surface area contributed by atoms with Crippen molar-refractivity contribution in [2.75, 3.05) is 17.9 Å². The molecule has 114 valence electrons. The monoisotopic (exact) mass is 318 g/mol. The summed E-state index contributed by atoms with van der Waals surface area (Å²) in [6.45, 7) is 0. The molecule has 0 unspecified atom stereocenters. The average Bonchev–Trinajstić information content (AvgIpc) is 2.53. The molecule has 2 aromatic rings.